The Balaban J connectivity index is 1.13. The van der Waals surface area contributed by atoms with E-state index in [4.69, 9.17) is 17.0 Å². The van der Waals surface area contributed by atoms with E-state index in [1.165, 1.54) is 33.6 Å². The molecule has 0 aliphatic carbocycles. The lowest BCUT2D eigenvalue weighted by Gasteiger charge is -2.34. The van der Waals surface area contributed by atoms with Crippen molar-refractivity contribution in [2.75, 3.05) is 59.4 Å². The number of aliphatic carboxylic acids is 2. The molecular formula is C66H87N5O7S2. The Kier molecular flexibility index (Phi) is 21.9. The van der Waals surface area contributed by atoms with Gasteiger partial charge < -0.3 is 34.5 Å². The molecule has 12 nitrogen and oxygen atoms in total. The highest BCUT2D eigenvalue weighted by molar-refractivity contribution is 8.26. The summed E-state index contributed by atoms with van der Waals surface area (Å²) < 4.78 is 6.18. The fourth-order valence-corrected chi connectivity index (χ4v) is 13.4. The summed E-state index contributed by atoms with van der Waals surface area (Å²) in [5, 5.41) is 19.9. The summed E-state index contributed by atoms with van der Waals surface area (Å²) in [7, 11) is 1.70. The number of benzene rings is 3. The molecule has 1 amide bonds. The Morgan fingerprint density at radius 1 is 0.688 bits per heavy atom. The fraction of sp³-hybridized carbons (Fsp3) is 0.500. The number of rotatable bonds is 31. The molecule has 2 N–H and O–H groups in total. The van der Waals surface area contributed by atoms with Gasteiger partial charge in [0.2, 0.25) is 0 Å². The second kappa shape index (κ2) is 28.5. The van der Waals surface area contributed by atoms with Gasteiger partial charge in [-0.25, -0.2) is 0 Å². The van der Waals surface area contributed by atoms with E-state index in [0.717, 1.165) is 148 Å². The van der Waals surface area contributed by atoms with Crippen LogP contribution in [-0.4, -0.2) is 88.9 Å². The number of unbranched alkanes of at least 4 members (excludes halogenated alkanes) is 8. The number of Topliss-reactive ketones (excluding diaryl/α,β-unsaturated/α-hetero) is 1. The van der Waals surface area contributed by atoms with Crippen LogP contribution < -0.4 is 24.3 Å². The Morgan fingerprint density at radius 3 is 1.90 bits per heavy atom. The first-order valence-electron chi connectivity index (χ1n) is 29.5. The van der Waals surface area contributed by atoms with Crippen molar-refractivity contribution in [3.8, 4) is 5.75 Å². The zero-order chi connectivity index (χ0) is 57.6. The topological polar surface area (TPSA) is 134 Å². The number of hydrogen-bond acceptors (Lipinski definition) is 11. The van der Waals surface area contributed by atoms with E-state index in [1.54, 1.807) is 7.11 Å². The number of carbonyl (C=O) groups is 4. The van der Waals surface area contributed by atoms with Crippen LogP contribution in [0.1, 0.15) is 168 Å². The van der Waals surface area contributed by atoms with E-state index in [2.05, 4.69) is 135 Å². The average Bonchev–Trinajstić information content (AvgIpc) is 4.29. The SMILES string of the molecule is CCCCCCC1(CCCCCC)\C(=C/C=C(C)/C=C/C2N(CCC(=O)O)c3ccc(CC(=O)CN4C(=O)/C(=C\C=C5N(CCCC)c6ccccc6N5CCCC)SC4=S)cc3C2(C)C)N(CCC(=O)O)c2ccc(OC)cc21. The molecule has 1 atom stereocenters. The molecular weight excluding hydrogens is 1040 g/mol. The van der Waals surface area contributed by atoms with Crippen LogP contribution in [0.4, 0.5) is 22.7 Å². The van der Waals surface area contributed by atoms with Crippen LogP contribution in [0.25, 0.3) is 0 Å². The lowest BCUT2D eigenvalue weighted by Crippen LogP contribution is -2.41. The van der Waals surface area contributed by atoms with Crippen molar-refractivity contribution in [1.29, 1.82) is 0 Å². The van der Waals surface area contributed by atoms with Crippen molar-refractivity contribution in [2.24, 2.45) is 0 Å². The number of fused-ring (bicyclic) bond motifs is 3. The van der Waals surface area contributed by atoms with Gasteiger partial charge in [-0.1, -0.05) is 178 Å². The number of nitrogens with zero attached hydrogens (tertiary/aromatic N) is 5. The molecule has 1 unspecified atom stereocenters. The molecule has 4 aliphatic heterocycles. The minimum absolute atomic E-state index is 0.00250. The van der Waals surface area contributed by atoms with Crippen LogP contribution in [-0.2, 0) is 36.4 Å². The van der Waals surface area contributed by atoms with Crippen molar-refractivity contribution in [2.45, 2.75) is 174 Å². The Morgan fingerprint density at radius 2 is 1.30 bits per heavy atom. The molecule has 0 aromatic heterocycles. The summed E-state index contributed by atoms with van der Waals surface area (Å²) in [5.41, 5.74) is 8.67. The molecule has 14 heteroatoms. The van der Waals surface area contributed by atoms with Crippen LogP contribution in [0.2, 0.25) is 0 Å². The highest BCUT2D eigenvalue weighted by Crippen LogP contribution is 2.55. The van der Waals surface area contributed by atoms with E-state index >= 15 is 0 Å². The molecule has 0 bridgehead atoms. The Labute approximate surface area is 486 Å². The summed E-state index contributed by atoms with van der Waals surface area (Å²) in [6.07, 6.45) is 27.7. The van der Waals surface area contributed by atoms with Crippen LogP contribution in [0, 0.1) is 0 Å². The predicted molar refractivity (Wildman–Crippen MR) is 333 cm³/mol. The van der Waals surface area contributed by atoms with Crippen LogP contribution >= 0.6 is 24.0 Å². The first-order valence-corrected chi connectivity index (χ1v) is 30.7. The van der Waals surface area contributed by atoms with Gasteiger partial charge in [-0.2, -0.15) is 0 Å². The molecule has 3 aromatic rings. The first-order chi connectivity index (χ1) is 38.5. The van der Waals surface area contributed by atoms with Gasteiger partial charge in [0.25, 0.3) is 5.91 Å². The number of ketones is 1. The number of amides is 1. The second-order valence-electron chi connectivity index (χ2n) is 22.6. The lowest BCUT2D eigenvalue weighted by molar-refractivity contribution is -0.137. The third-order valence-corrected chi connectivity index (χ3v) is 17.9. The van der Waals surface area contributed by atoms with Crippen molar-refractivity contribution >= 4 is 74.7 Å². The highest BCUT2D eigenvalue weighted by atomic mass is 32.2. The summed E-state index contributed by atoms with van der Waals surface area (Å²) in [5.74, 6) is -0.287. The molecule has 0 radical (unpaired) electrons. The standard InChI is InChI=1S/C66H87N5O7S2/c1-9-13-17-21-37-66(38-22-18-14-10-2)52-45-50(78-8)28-30-54(52)68(42-36-62(75)76)59(66)33-26-47(5)25-32-58-65(6,7)51-44-48(27-29-53(51)67(58)41-35-61(73)74)43-49(72)46-71-63(77)57(80-64(71)79)31-34-60-69(39-15-11-3)55-23-19-20-24-56(55)70(60)40-16-12-4/h19-20,23-34,44-45,58H,9-18,21-22,35-43,46H2,1-8H3,(H,73,74)(H,75,76)/b32-25+,47-26+,57-31+,59-33+. The Bertz CT molecular complexity index is 2840. The van der Waals surface area contributed by atoms with Crippen molar-refractivity contribution < 1.29 is 34.1 Å². The van der Waals surface area contributed by atoms with Gasteiger partial charge in [-0.15, -0.1) is 0 Å². The molecule has 7 rings (SSSR count). The maximum absolute atomic E-state index is 14.0. The minimum atomic E-state index is -0.881. The molecule has 430 valence electrons. The predicted octanol–water partition coefficient (Wildman–Crippen LogP) is 14.8. The number of allylic oxidation sites excluding steroid dienone is 7. The molecule has 3 aromatic carbocycles. The average molecular weight is 1130 g/mol. The van der Waals surface area contributed by atoms with Gasteiger partial charge in [0.15, 0.2) is 5.78 Å². The summed E-state index contributed by atoms with van der Waals surface area (Å²) >= 11 is 6.98. The number of methoxy groups -OCH3 is 1. The zero-order valence-corrected chi connectivity index (χ0v) is 50.5. The molecule has 1 fully saturated rings. The molecule has 4 heterocycles. The van der Waals surface area contributed by atoms with Gasteiger partial charge in [-0.05, 0) is 104 Å². The first kappa shape index (κ1) is 61.5. The maximum Gasteiger partial charge on any atom is 0.305 e. The normalized spacial score (nSPS) is 18.4. The highest BCUT2D eigenvalue weighted by Gasteiger charge is 2.47. The number of para-hydroxylation sites is 2. The number of carbonyl (C=O) groups excluding carboxylic acids is 2. The Hall–Kier alpha value is -6.12. The summed E-state index contributed by atoms with van der Waals surface area (Å²) in [6.45, 7) is 17.5. The van der Waals surface area contributed by atoms with Gasteiger partial charge in [0.05, 0.1) is 48.8 Å². The lowest BCUT2D eigenvalue weighted by atomic mass is 9.71. The third-order valence-electron chi connectivity index (χ3n) is 16.5. The fourth-order valence-electron chi connectivity index (χ4n) is 12.2. The van der Waals surface area contributed by atoms with Crippen molar-refractivity contribution in [3.05, 3.63) is 136 Å². The number of thioether (sulfide) groups is 1. The summed E-state index contributed by atoms with van der Waals surface area (Å²) in [4.78, 5) is 63.3. The van der Waals surface area contributed by atoms with Gasteiger partial charge in [-0.3, -0.25) is 24.1 Å². The summed E-state index contributed by atoms with van der Waals surface area (Å²) in [6, 6.07) is 20.5. The van der Waals surface area contributed by atoms with Crippen molar-refractivity contribution in [3.63, 3.8) is 0 Å². The van der Waals surface area contributed by atoms with E-state index in [1.807, 2.05) is 30.4 Å². The zero-order valence-electron chi connectivity index (χ0n) is 48.9. The molecule has 0 spiro atoms. The van der Waals surface area contributed by atoms with E-state index in [-0.39, 0.29) is 49.0 Å². The van der Waals surface area contributed by atoms with Crippen molar-refractivity contribution in [1.82, 2.24) is 4.90 Å². The van der Waals surface area contributed by atoms with E-state index in [0.29, 0.717) is 22.3 Å². The minimum Gasteiger partial charge on any atom is -0.497 e. The molecule has 0 saturated carbocycles. The smallest absolute Gasteiger partial charge is 0.305 e. The number of carboxylic acid groups (broad SMARTS) is 2. The number of hydrogen-bond donors (Lipinski definition) is 2. The quantitative estimate of drug-likeness (QED) is 0.0274. The largest absolute Gasteiger partial charge is 0.497 e. The molecule has 1 saturated heterocycles. The molecule has 80 heavy (non-hydrogen) atoms. The van der Waals surface area contributed by atoms with Crippen LogP contribution in [0.5, 0.6) is 5.75 Å². The van der Waals surface area contributed by atoms with Crippen LogP contribution in [0.15, 0.2) is 119 Å². The third kappa shape index (κ3) is 14.1. The second-order valence-corrected chi connectivity index (χ2v) is 24.3. The maximum atomic E-state index is 14.0. The number of thiocarbonyl (C=S) groups is 1. The number of ether oxygens (including phenoxy) is 1. The van der Waals surface area contributed by atoms with E-state index < -0.39 is 17.4 Å². The van der Waals surface area contributed by atoms with E-state index in [9.17, 15) is 29.4 Å². The van der Waals surface area contributed by atoms with Gasteiger partial charge in [0.1, 0.15) is 15.9 Å². The molecule has 4 aliphatic rings. The monoisotopic (exact) mass is 1130 g/mol. The van der Waals surface area contributed by atoms with Gasteiger partial charge >= 0.3 is 11.9 Å². The number of carboxylic acids is 2. The van der Waals surface area contributed by atoms with Gasteiger partial charge in [0, 0.05) is 60.5 Å². The number of anilines is 4. The van der Waals surface area contributed by atoms with Crippen LogP contribution in [0.3, 0.4) is 0 Å².